The number of terminal acetylenes is 1. The molecule has 1 heterocycles. The Morgan fingerprint density at radius 2 is 2.45 bits per heavy atom. The summed E-state index contributed by atoms with van der Waals surface area (Å²) >= 11 is 0. The molecule has 0 amide bonds. The molecule has 1 aliphatic heterocycles. The largest absolute Gasteiger partial charge is 0.396 e. The highest BCUT2D eigenvalue weighted by atomic mass is 16.5. The number of ether oxygens (including phenoxy) is 1. The summed E-state index contributed by atoms with van der Waals surface area (Å²) in [6, 6.07) is 0. The minimum atomic E-state index is -0.337. The van der Waals surface area contributed by atoms with Crippen LogP contribution in [0.5, 0.6) is 0 Å². The van der Waals surface area contributed by atoms with Gasteiger partial charge in [0.15, 0.2) is 0 Å². The molecule has 0 aliphatic carbocycles. The number of aliphatic hydroxyl groups is 1. The zero-order chi connectivity index (χ0) is 8.27. The van der Waals surface area contributed by atoms with E-state index in [0.29, 0.717) is 6.42 Å². The first-order valence-electron chi connectivity index (χ1n) is 3.76. The maximum absolute atomic E-state index is 8.60. The van der Waals surface area contributed by atoms with Crippen LogP contribution in [0.15, 0.2) is 0 Å². The van der Waals surface area contributed by atoms with E-state index in [1.165, 1.54) is 0 Å². The van der Waals surface area contributed by atoms with Crippen molar-refractivity contribution in [2.24, 2.45) is 11.7 Å². The molecule has 3 unspecified atom stereocenters. The Morgan fingerprint density at radius 1 is 1.73 bits per heavy atom. The van der Waals surface area contributed by atoms with Gasteiger partial charge in [-0.15, -0.1) is 6.42 Å². The summed E-state index contributed by atoms with van der Waals surface area (Å²) in [4.78, 5) is 0. The lowest BCUT2D eigenvalue weighted by molar-refractivity contribution is 0.0302. The molecule has 3 nitrogen and oxygen atoms in total. The molecule has 62 valence electrons. The van der Waals surface area contributed by atoms with Gasteiger partial charge in [0.05, 0.1) is 12.0 Å². The van der Waals surface area contributed by atoms with Gasteiger partial charge in [-0.2, -0.15) is 0 Å². The van der Waals surface area contributed by atoms with Crippen LogP contribution < -0.4 is 5.73 Å². The van der Waals surface area contributed by atoms with Gasteiger partial charge in [0.1, 0.15) is 6.23 Å². The van der Waals surface area contributed by atoms with E-state index < -0.39 is 0 Å². The molecule has 0 aromatic rings. The first kappa shape index (κ1) is 8.54. The highest BCUT2D eigenvalue weighted by Crippen LogP contribution is 2.24. The van der Waals surface area contributed by atoms with E-state index in [2.05, 4.69) is 5.92 Å². The molecule has 1 rings (SSSR count). The van der Waals surface area contributed by atoms with Crippen LogP contribution in [0.4, 0.5) is 0 Å². The molecule has 3 atom stereocenters. The van der Waals surface area contributed by atoms with E-state index in [9.17, 15) is 0 Å². The molecule has 3 heteroatoms. The molecule has 1 fully saturated rings. The van der Waals surface area contributed by atoms with Gasteiger partial charge < -0.3 is 15.6 Å². The number of hydrogen-bond acceptors (Lipinski definition) is 3. The van der Waals surface area contributed by atoms with Crippen molar-refractivity contribution in [1.29, 1.82) is 0 Å². The Kier molecular flexibility index (Phi) is 2.89. The van der Waals surface area contributed by atoms with E-state index in [-0.39, 0.29) is 24.9 Å². The first-order chi connectivity index (χ1) is 5.27. The average Bonchev–Trinajstić information content (AvgIpc) is 2.32. The summed E-state index contributed by atoms with van der Waals surface area (Å²) in [5.74, 6) is 2.59. The molecule has 0 spiro atoms. The second kappa shape index (κ2) is 3.72. The smallest absolute Gasteiger partial charge is 0.119 e. The van der Waals surface area contributed by atoms with Crippen molar-refractivity contribution in [2.45, 2.75) is 25.2 Å². The molecular formula is C8H13NO2. The summed E-state index contributed by atoms with van der Waals surface area (Å²) < 4.78 is 5.28. The first-order valence-corrected chi connectivity index (χ1v) is 3.76. The third-order valence-corrected chi connectivity index (χ3v) is 1.93. The molecule has 0 bridgehead atoms. The Hall–Kier alpha value is -0.560. The van der Waals surface area contributed by atoms with Gasteiger partial charge in [-0.3, -0.25) is 0 Å². The number of nitrogens with two attached hydrogens (primary N) is 1. The number of rotatable bonds is 2. The molecular weight excluding hydrogens is 142 g/mol. The Balaban J connectivity index is 2.38. The van der Waals surface area contributed by atoms with Crippen LogP contribution >= 0.6 is 0 Å². The number of aliphatic hydroxyl groups excluding tert-OH is 1. The zero-order valence-electron chi connectivity index (χ0n) is 6.36. The molecule has 3 N–H and O–H groups in total. The highest BCUT2D eigenvalue weighted by Gasteiger charge is 2.30. The minimum absolute atomic E-state index is 0.0200. The normalized spacial score (nSPS) is 37.0. The van der Waals surface area contributed by atoms with Crippen molar-refractivity contribution in [3.63, 3.8) is 0 Å². The Labute approximate surface area is 66.5 Å². The minimum Gasteiger partial charge on any atom is -0.396 e. The maximum Gasteiger partial charge on any atom is 0.119 e. The van der Waals surface area contributed by atoms with E-state index in [0.717, 1.165) is 6.42 Å². The van der Waals surface area contributed by atoms with E-state index in [4.69, 9.17) is 22.0 Å². The summed E-state index contributed by atoms with van der Waals surface area (Å²) in [5, 5.41) is 8.60. The predicted molar refractivity (Wildman–Crippen MR) is 41.5 cm³/mol. The van der Waals surface area contributed by atoms with Gasteiger partial charge >= 0.3 is 0 Å². The zero-order valence-corrected chi connectivity index (χ0v) is 6.36. The predicted octanol–water partition coefficient (Wildman–Crippen LogP) is -0.308. The monoisotopic (exact) mass is 155 g/mol. The van der Waals surface area contributed by atoms with Crippen molar-refractivity contribution in [3.8, 4) is 12.3 Å². The van der Waals surface area contributed by atoms with Crippen molar-refractivity contribution < 1.29 is 9.84 Å². The quantitative estimate of drug-likeness (QED) is 0.538. The third-order valence-electron chi connectivity index (χ3n) is 1.93. The molecule has 0 aromatic heterocycles. The van der Waals surface area contributed by atoms with Gasteiger partial charge in [0, 0.05) is 6.61 Å². The molecule has 1 aliphatic rings. The lowest BCUT2D eigenvalue weighted by Gasteiger charge is -2.07. The second-order valence-electron chi connectivity index (χ2n) is 2.74. The fraction of sp³-hybridized carbons (Fsp3) is 0.750. The van der Waals surface area contributed by atoms with Gasteiger partial charge in [-0.25, -0.2) is 0 Å². The van der Waals surface area contributed by atoms with E-state index in [1.54, 1.807) is 0 Å². The molecule has 1 saturated heterocycles. The van der Waals surface area contributed by atoms with E-state index in [1.807, 2.05) is 0 Å². The van der Waals surface area contributed by atoms with E-state index >= 15 is 0 Å². The lowest BCUT2D eigenvalue weighted by Crippen LogP contribution is -2.25. The van der Waals surface area contributed by atoms with Gasteiger partial charge in [-0.05, 0) is 12.8 Å². The fourth-order valence-electron chi connectivity index (χ4n) is 1.28. The second-order valence-corrected chi connectivity index (χ2v) is 2.74. The summed E-state index contributed by atoms with van der Waals surface area (Å²) in [5.41, 5.74) is 5.56. The fourth-order valence-corrected chi connectivity index (χ4v) is 1.28. The molecule has 11 heavy (non-hydrogen) atoms. The molecule has 0 saturated carbocycles. The van der Waals surface area contributed by atoms with Crippen LogP contribution in [0.3, 0.4) is 0 Å². The van der Waals surface area contributed by atoms with Gasteiger partial charge in [-0.1, -0.05) is 5.92 Å². The van der Waals surface area contributed by atoms with Crippen LogP contribution in [-0.4, -0.2) is 24.0 Å². The Bertz CT molecular complexity index is 164. The number of hydrogen-bond donors (Lipinski definition) is 2. The van der Waals surface area contributed by atoms with Gasteiger partial charge in [0.2, 0.25) is 0 Å². The Morgan fingerprint density at radius 3 is 2.91 bits per heavy atom. The topological polar surface area (TPSA) is 55.5 Å². The maximum atomic E-state index is 8.60. The standard InChI is InChI=1S/C8H13NO2/c1-2-6-5-7(3-4-10)11-8(6)9/h1,6-8,10H,3-5,9H2. The summed E-state index contributed by atoms with van der Waals surface area (Å²) in [7, 11) is 0. The van der Waals surface area contributed by atoms with Crippen molar-refractivity contribution in [3.05, 3.63) is 0 Å². The lowest BCUT2D eigenvalue weighted by atomic mass is 10.0. The van der Waals surface area contributed by atoms with Crippen molar-refractivity contribution in [1.82, 2.24) is 0 Å². The molecule has 0 radical (unpaired) electrons. The third kappa shape index (κ3) is 1.93. The highest BCUT2D eigenvalue weighted by molar-refractivity contribution is 4.99. The van der Waals surface area contributed by atoms with Crippen LogP contribution in [-0.2, 0) is 4.74 Å². The van der Waals surface area contributed by atoms with Crippen LogP contribution in [0.25, 0.3) is 0 Å². The van der Waals surface area contributed by atoms with Crippen molar-refractivity contribution in [2.75, 3.05) is 6.61 Å². The van der Waals surface area contributed by atoms with Crippen LogP contribution in [0, 0.1) is 18.3 Å². The summed E-state index contributed by atoms with van der Waals surface area (Å²) in [6.07, 6.45) is 6.33. The van der Waals surface area contributed by atoms with Crippen molar-refractivity contribution >= 4 is 0 Å². The van der Waals surface area contributed by atoms with Crippen LogP contribution in [0.1, 0.15) is 12.8 Å². The summed E-state index contributed by atoms with van der Waals surface area (Å²) in [6.45, 7) is 0.134. The average molecular weight is 155 g/mol. The SMILES string of the molecule is C#CC1CC(CCO)OC1N. The molecule has 0 aromatic carbocycles. The van der Waals surface area contributed by atoms with Crippen LogP contribution in [0.2, 0.25) is 0 Å². The van der Waals surface area contributed by atoms with Gasteiger partial charge in [0.25, 0.3) is 0 Å².